The summed E-state index contributed by atoms with van der Waals surface area (Å²) < 4.78 is 5.03. The smallest absolute Gasteiger partial charge is 0.240 e. The Morgan fingerprint density at radius 1 is 1.33 bits per heavy atom. The number of nitrogens with two attached hydrogens (primary N) is 1. The Morgan fingerprint density at radius 2 is 2.05 bits per heavy atom. The van der Waals surface area contributed by atoms with Gasteiger partial charge in [0.25, 0.3) is 0 Å². The van der Waals surface area contributed by atoms with Crippen LogP contribution in [0.5, 0.6) is 0 Å². The molecule has 0 aromatic carbocycles. The second-order valence-electron chi connectivity index (χ2n) is 5.18. The Balaban J connectivity index is 0.00000200. The third-order valence-corrected chi connectivity index (χ3v) is 3.83. The average molecular weight is 340 g/mol. The van der Waals surface area contributed by atoms with E-state index >= 15 is 0 Å². The molecule has 0 saturated carbocycles. The fourth-order valence-electron chi connectivity index (χ4n) is 2.69. The van der Waals surface area contributed by atoms with E-state index in [9.17, 15) is 0 Å². The zero-order valence-electron chi connectivity index (χ0n) is 12.8. The van der Waals surface area contributed by atoms with E-state index < -0.39 is 0 Å². The highest BCUT2D eigenvalue weighted by molar-refractivity contribution is 5.85. The van der Waals surface area contributed by atoms with E-state index in [1.165, 1.54) is 13.0 Å². The predicted molar refractivity (Wildman–Crippen MR) is 87.9 cm³/mol. The molecule has 2 heterocycles. The molecule has 1 saturated heterocycles. The van der Waals surface area contributed by atoms with Crippen LogP contribution in [-0.2, 0) is 13.1 Å². The molecule has 8 heteroatoms. The number of nitrogens with zero attached hydrogens (tertiary/aromatic N) is 4. The Morgan fingerprint density at radius 3 is 2.62 bits per heavy atom. The van der Waals surface area contributed by atoms with E-state index in [2.05, 4.69) is 33.8 Å². The fraction of sp³-hybridized carbons (Fsp3) is 0.846. The SMILES string of the molecule is CCN(CC)CC1CCN(Cc2noc(CN)n2)C1.Cl.Cl. The summed E-state index contributed by atoms with van der Waals surface area (Å²) in [5.74, 6) is 2.04. The molecule has 0 spiro atoms. The minimum atomic E-state index is 0. The highest BCUT2D eigenvalue weighted by Crippen LogP contribution is 2.19. The van der Waals surface area contributed by atoms with Gasteiger partial charge >= 0.3 is 0 Å². The molecule has 2 rings (SSSR count). The van der Waals surface area contributed by atoms with Crippen LogP contribution in [0.2, 0.25) is 0 Å². The molecular formula is C13H27Cl2N5O. The lowest BCUT2D eigenvalue weighted by atomic mass is 10.1. The van der Waals surface area contributed by atoms with Crippen LogP contribution in [0.15, 0.2) is 4.52 Å². The summed E-state index contributed by atoms with van der Waals surface area (Å²) in [6.45, 7) is 11.3. The van der Waals surface area contributed by atoms with Crippen molar-refractivity contribution in [2.45, 2.75) is 33.4 Å². The molecule has 0 amide bonds. The maximum Gasteiger partial charge on any atom is 0.240 e. The maximum atomic E-state index is 5.46. The molecule has 1 aromatic rings. The van der Waals surface area contributed by atoms with Crippen molar-refractivity contribution in [3.8, 4) is 0 Å². The highest BCUT2D eigenvalue weighted by Gasteiger charge is 2.24. The summed E-state index contributed by atoms with van der Waals surface area (Å²) in [6.07, 6.45) is 1.26. The first-order valence-electron chi connectivity index (χ1n) is 7.21. The topological polar surface area (TPSA) is 71.4 Å². The van der Waals surface area contributed by atoms with Gasteiger partial charge in [0.15, 0.2) is 5.82 Å². The second kappa shape index (κ2) is 10.3. The first-order chi connectivity index (χ1) is 9.25. The number of aromatic nitrogens is 2. The van der Waals surface area contributed by atoms with Crippen LogP contribution in [0.1, 0.15) is 32.0 Å². The van der Waals surface area contributed by atoms with Crippen molar-refractivity contribution >= 4 is 24.8 Å². The first kappa shape index (κ1) is 20.6. The third-order valence-electron chi connectivity index (χ3n) is 3.83. The summed E-state index contributed by atoms with van der Waals surface area (Å²) in [7, 11) is 0. The van der Waals surface area contributed by atoms with Crippen molar-refractivity contribution in [3.05, 3.63) is 11.7 Å². The monoisotopic (exact) mass is 339 g/mol. The van der Waals surface area contributed by atoms with Crippen molar-refractivity contribution < 1.29 is 4.52 Å². The van der Waals surface area contributed by atoms with Gasteiger partial charge in [-0.05, 0) is 32.0 Å². The molecule has 6 nitrogen and oxygen atoms in total. The zero-order chi connectivity index (χ0) is 13.7. The molecule has 0 aliphatic carbocycles. The van der Waals surface area contributed by atoms with E-state index in [4.69, 9.17) is 10.3 Å². The van der Waals surface area contributed by atoms with Crippen LogP contribution in [0, 0.1) is 5.92 Å². The second-order valence-corrected chi connectivity index (χ2v) is 5.18. The van der Waals surface area contributed by atoms with Crippen LogP contribution < -0.4 is 5.73 Å². The summed E-state index contributed by atoms with van der Waals surface area (Å²) in [5, 5.41) is 3.95. The molecule has 1 aliphatic rings. The lowest BCUT2D eigenvalue weighted by Crippen LogP contribution is -2.31. The zero-order valence-corrected chi connectivity index (χ0v) is 14.5. The molecule has 0 radical (unpaired) electrons. The van der Waals surface area contributed by atoms with Gasteiger partial charge in [0.05, 0.1) is 13.1 Å². The van der Waals surface area contributed by atoms with Crippen LogP contribution in [0.25, 0.3) is 0 Å². The van der Waals surface area contributed by atoms with Gasteiger partial charge in [-0.25, -0.2) is 0 Å². The summed E-state index contributed by atoms with van der Waals surface area (Å²) in [5.41, 5.74) is 5.46. The van der Waals surface area contributed by atoms with Gasteiger partial charge in [0.1, 0.15) is 0 Å². The molecule has 1 aromatic heterocycles. The first-order valence-corrected chi connectivity index (χ1v) is 7.21. The molecule has 124 valence electrons. The predicted octanol–water partition coefficient (Wildman–Crippen LogP) is 1.54. The maximum absolute atomic E-state index is 5.46. The molecule has 0 bridgehead atoms. The normalized spacial score (nSPS) is 18.6. The Bertz CT molecular complexity index is 386. The standard InChI is InChI=1S/C13H25N5O.2ClH/c1-3-17(4-2)8-11-5-6-18(9-11)10-12-15-13(7-14)19-16-12;;/h11H,3-10,14H2,1-2H3;2*1H. The highest BCUT2D eigenvalue weighted by atomic mass is 35.5. The Hall–Kier alpha value is -0.400. The van der Waals surface area contributed by atoms with Gasteiger partial charge in [-0.1, -0.05) is 19.0 Å². The summed E-state index contributed by atoms with van der Waals surface area (Å²) in [6, 6.07) is 0. The number of halogens is 2. The van der Waals surface area contributed by atoms with Gasteiger partial charge in [0, 0.05) is 13.1 Å². The third kappa shape index (κ3) is 6.08. The van der Waals surface area contributed by atoms with E-state index in [1.54, 1.807) is 0 Å². The van der Waals surface area contributed by atoms with Gasteiger partial charge in [-0.15, -0.1) is 24.8 Å². The largest absolute Gasteiger partial charge is 0.338 e. The van der Waals surface area contributed by atoms with E-state index in [1.807, 2.05) is 0 Å². The summed E-state index contributed by atoms with van der Waals surface area (Å²) in [4.78, 5) is 9.15. The number of hydrogen-bond donors (Lipinski definition) is 1. The van der Waals surface area contributed by atoms with Gasteiger partial charge in [-0.2, -0.15) is 4.98 Å². The van der Waals surface area contributed by atoms with Crippen molar-refractivity contribution in [1.82, 2.24) is 19.9 Å². The number of hydrogen-bond acceptors (Lipinski definition) is 6. The van der Waals surface area contributed by atoms with E-state index in [0.29, 0.717) is 12.4 Å². The van der Waals surface area contributed by atoms with Gasteiger partial charge < -0.3 is 15.2 Å². The minimum absolute atomic E-state index is 0. The lowest BCUT2D eigenvalue weighted by Gasteiger charge is -2.22. The summed E-state index contributed by atoms with van der Waals surface area (Å²) >= 11 is 0. The lowest BCUT2D eigenvalue weighted by molar-refractivity contribution is 0.239. The molecule has 1 atom stereocenters. The number of likely N-dealkylation sites (tertiary alicyclic amines) is 1. The molecule has 2 N–H and O–H groups in total. The van der Waals surface area contributed by atoms with Crippen molar-refractivity contribution in [2.24, 2.45) is 11.7 Å². The molecule has 1 aliphatic heterocycles. The Labute approximate surface area is 139 Å². The minimum Gasteiger partial charge on any atom is -0.338 e. The van der Waals surface area contributed by atoms with E-state index in [0.717, 1.165) is 44.5 Å². The van der Waals surface area contributed by atoms with Gasteiger partial charge in [0.2, 0.25) is 5.89 Å². The molecule has 1 fully saturated rings. The van der Waals surface area contributed by atoms with Gasteiger partial charge in [-0.3, -0.25) is 4.90 Å². The quantitative estimate of drug-likeness (QED) is 0.812. The van der Waals surface area contributed by atoms with Crippen molar-refractivity contribution in [3.63, 3.8) is 0 Å². The van der Waals surface area contributed by atoms with Crippen molar-refractivity contribution in [2.75, 3.05) is 32.7 Å². The molecule has 21 heavy (non-hydrogen) atoms. The molecular weight excluding hydrogens is 313 g/mol. The fourth-order valence-corrected chi connectivity index (χ4v) is 2.69. The average Bonchev–Trinajstić information content (AvgIpc) is 3.05. The van der Waals surface area contributed by atoms with E-state index in [-0.39, 0.29) is 24.8 Å². The number of rotatable bonds is 7. The van der Waals surface area contributed by atoms with Crippen LogP contribution >= 0.6 is 24.8 Å². The van der Waals surface area contributed by atoms with Crippen LogP contribution in [0.3, 0.4) is 0 Å². The van der Waals surface area contributed by atoms with Crippen molar-refractivity contribution in [1.29, 1.82) is 0 Å². The van der Waals surface area contributed by atoms with Crippen LogP contribution in [0.4, 0.5) is 0 Å². The molecule has 1 unspecified atom stereocenters. The van der Waals surface area contributed by atoms with Crippen LogP contribution in [-0.4, -0.2) is 52.7 Å². The Kier molecular flexibility index (Phi) is 10.1.